The van der Waals surface area contributed by atoms with Gasteiger partial charge in [-0.05, 0) is 28.1 Å². The highest BCUT2D eigenvalue weighted by Gasteiger charge is 2.32. The molecule has 1 atom stereocenters. The Morgan fingerprint density at radius 1 is 1.46 bits per heavy atom. The van der Waals surface area contributed by atoms with Gasteiger partial charge in [-0.1, -0.05) is 0 Å². The summed E-state index contributed by atoms with van der Waals surface area (Å²) in [4.78, 5) is 0. The second-order valence-corrected chi connectivity index (χ2v) is 3.35. The summed E-state index contributed by atoms with van der Waals surface area (Å²) in [6, 6.07) is 1.79. The molecule has 0 aromatic carbocycles. The summed E-state index contributed by atoms with van der Waals surface area (Å²) in [5, 5.41) is 0. The van der Waals surface area contributed by atoms with Gasteiger partial charge in [0.05, 0.1) is 12.5 Å². The van der Waals surface area contributed by atoms with Gasteiger partial charge in [0.1, 0.15) is 5.76 Å². The Kier molecular flexibility index (Phi) is 3.02. The quantitative estimate of drug-likeness (QED) is 0.885. The molecule has 0 spiro atoms. The van der Waals surface area contributed by atoms with E-state index in [-0.39, 0.29) is 5.76 Å². The van der Waals surface area contributed by atoms with Crippen LogP contribution < -0.4 is 5.73 Å². The summed E-state index contributed by atoms with van der Waals surface area (Å²) in [6.07, 6.45) is -5.34. The van der Waals surface area contributed by atoms with Crippen LogP contribution in [0.25, 0.3) is 0 Å². The van der Waals surface area contributed by atoms with Crippen LogP contribution in [0, 0.1) is 0 Å². The van der Waals surface area contributed by atoms with Crippen molar-refractivity contribution in [2.24, 2.45) is 5.73 Å². The minimum absolute atomic E-state index is 0.129. The average Bonchev–Trinajstić information content (AvgIpc) is 2.31. The first kappa shape index (κ1) is 10.6. The molecule has 0 saturated heterocycles. The molecule has 0 aliphatic heterocycles. The average molecular weight is 258 g/mol. The Morgan fingerprint density at radius 3 is 2.46 bits per heavy atom. The fourth-order valence-electron chi connectivity index (χ4n) is 0.878. The second kappa shape index (κ2) is 3.71. The van der Waals surface area contributed by atoms with E-state index in [4.69, 9.17) is 10.2 Å². The van der Waals surface area contributed by atoms with Gasteiger partial charge in [0.25, 0.3) is 0 Å². The molecule has 0 fully saturated rings. The number of alkyl halides is 3. The third-order valence-corrected chi connectivity index (χ3v) is 1.84. The fourth-order valence-corrected chi connectivity index (χ4v) is 1.20. The number of nitrogens with two attached hydrogens (primary N) is 1. The minimum Gasteiger partial charge on any atom is -0.453 e. The fraction of sp³-hybridized carbons (Fsp3) is 0.429. The van der Waals surface area contributed by atoms with Gasteiger partial charge < -0.3 is 10.2 Å². The molecule has 0 saturated carbocycles. The predicted molar refractivity (Wildman–Crippen MR) is 44.0 cm³/mol. The molecule has 0 bridgehead atoms. The molecule has 1 aromatic heterocycles. The van der Waals surface area contributed by atoms with Crippen molar-refractivity contribution in [1.82, 2.24) is 0 Å². The normalized spacial score (nSPS) is 14.5. The van der Waals surface area contributed by atoms with Crippen LogP contribution in [0.5, 0.6) is 0 Å². The summed E-state index contributed by atoms with van der Waals surface area (Å²) in [6.45, 7) is 0. The van der Waals surface area contributed by atoms with Gasteiger partial charge in [-0.2, -0.15) is 13.2 Å². The highest BCUT2D eigenvalue weighted by atomic mass is 79.9. The lowest BCUT2D eigenvalue weighted by molar-refractivity contribution is -0.139. The van der Waals surface area contributed by atoms with Crippen LogP contribution in [-0.4, -0.2) is 6.18 Å². The number of halogens is 4. The summed E-state index contributed by atoms with van der Waals surface area (Å²) in [5.74, 6) is 0.129. The van der Waals surface area contributed by atoms with Crippen molar-refractivity contribution in [2.75, 3.05) is 0 Å². The molecule has 1 heterocycles. The maximum atomic E-state index is 11.9. The SMILES string of the molecule is N[C@H](CC(F)(F)F)c1ccc(Br)o1. The molecule has 2 N–H and O–H groups in total. The van der Waals surface area contributed by atoms with Crippen LogP contribution in [-0.2, 0) is 0 Å². The van der Waals surface area contributed by atoms with Crippen LogP contribution in [0.3, 0.4) is 0 Å². The molecule has 0 unspecified atom stereocenters. The highest BCUT2D eigenvalue weighted by molar-refractivity contribution is 9.10. The zero-order valence-corrected chi connectivity index (χ0v) is 8.02. The Hall–Kier alpha value is -0.490. The molecule has 6 heteroatoms. The van der Waals surface area contributed by atoms with E-state index in [2.05, 4.69) is 15.9 Å². The predicted octanol–water partition coefficient (Wildman–Crippen LogP) is 2.99. The molecule has 0 aliphatic rings. The Balaban J connectivity index is 2.64. The van der Waals surface area contributed by atoms with Crippen molar-refractivity contribution in [3.8, 4) is 0 Å². The van der Waals surface area contributed by atoms with Gasteiger partial charge in [0.15, 0.2) is 4.67 Å². The van der Waals surface area contributed by atoms with Gasteiger partial charge in [0, 0.05) is 0 Å². The monoisotopic (exact) mass is 257 g/mol. The van der Waals surface area contributed by atoms with Crippen molar-refractivity contribution in [3.05, 3.63) is 22.6 Å². The molecular weight excluding hydrogens is 251 g/mol. The van der Waals surface area contributed by atoms with E-state index < -0.39 is 18.6 Å². The van der Waals surface area contributed by atoms with Gasteiger partial charge in [0.2, 0.25) is 0 Å². The van der Waals surface area contributed by atoms with Crippen LogP contribution in [0.4, 0.5) is 13.2 Å². The van der Waals surface area contributed by atoms with E-state index in [0.29, 0.717) is 4.67 Å². The van der Waals surface area contributed by atoms with Crippen LogP contribution >= 0.6 is 15.9 Å². The summed E-state index contributed by atoms with van der Waals surface area (Å²) < 4.78 is 40.9. The topological polar surface area (TPSA) is 39.2 Å². The minimum atomic E-state index is -4.27. The number of hydrogen-bond acceptors (Lipinski definition) is 2. The lowest BCUT2D eigenvalue weighted by Crippen LogP contribution is -2.19. The molecule has 0 amide bonds. The van der Waals surface area contributed by atoms with E-state index in [9.17, 15) is 13.2 Å². The summed E-state index contributed by atoms with van der Waals surface area (Å²) in [7, 11) is 0. The van der Waals surface area contributed by atoms with E-state index in [1.54, 1.807) is 0 Å². The molecule has 0 aliphatic carbocycles. The lowest BCUT2D eigenvalue weighted by atomic mass is 10.2. The number of hydrogen-bond donors (Lipinski definition) is 1. The van der Waals surface area contributed by atoms with E-state index in [1.807, 2.05) is 0 Å². The maximum Gasteiger partial charge on any atom is 0.391 e. The largest absolute Gasteiger partial charge is 0.453 e. The van der Waals surface area contributed by atoms with E-state index in [0.717, 1.165) is 0 Å². The second-order valence-electron chi connectivity index (χ2n) is 2.57. The van der Waals surface area contributed by atoms with Crippen LogP contribution in [0.2, 0.25) is 0 Å². The van der Waals surface area contributed by atoms with Crippen molar-refractivity contribution >= 4 is 15.9 Å². The van der Waals surface area contributed by atoms with Gasteiger partial charge >= 0.3 is 6.18 Å². The smallest absolute Gasteiger partial charge is 0.391 e. The first-order valence-corrected chi connectivity index (χ1v) is 4.25. The standard InChI is InChI=1S/C7H7BrF3NO/c8-6-2-1-5(13-6)4(12)3-7(9,10)11/h1-2,4H,3,12H2/t4-/m1/s1. The van der Waals surface area contributed by atoms with Crippen LogP contribution in [0.15, 0.2) is 21.2 Å². The maximum absolute atomic E-state index is 11.9. The van der Waals surface area contributed by atoms with E-state index >= 15 is 0 Å². The molecule has 0 radical (unpaired) electrons. The third kappa shape index (κ3) is 3.40. The molecule has 2 nitrogen and oxygen atoms in total. The summed E-state index contributed by atoms with van der Waals surface area (Å²) in [5.41, 5.74) is 5.26. The number of rotatable bonds is 2. The van der Waals surface area contributed by atoms with Gasteiger partial charge in [-0.15, -0.1) is 0 Å². The summed E-state index contributed by atoms with van der Waals surface area (Å²) >= 11 is 2.98. The Bertz CT molecular complexity index is 284. The lowest BCUT2D eigenvalue weighted by Gasteiger charge is -2.10. The van der Waals surface area contributed by atoms with Crippen molar-refractivity contribution in [3.63, 3.8) is 0 Å². The highest BCUT2D eigenvalue weighted by Crippen LogP contribution is 2.29. The molecule has 1 rings (SSSR count). The first-order chi connectivity index (χ1) is 5.88. The van der Waals surface area contributed by atoms with Crippen LogP contribution in [0.1, 0.15) is 18.2 Å². The molecule has 13 heavy (non-hydrogen) atoms. The van der Waals surface area contributed by atoms with Crippen molar-refractivity contribution < 1.29 is 17.6 Å². The van der Waals surface area contributed by atoms with Crippen molar-refractivity contribution in [2.45, 2.75) is 18.6 Å². The van der Waals surface area contributed by atoms with E-state index in [1.165, 1.54) is 12.1 Å². The van der Waals surface area contributed by atoms with Gasteiger partial charge in [-0.3, -0.25) is 0 Å². The zero-order valence-electron chi connectivity index (χ0n) is 6.44. The molecular formula is C7H7BrF3NO. The third-order valence-electron chi connectivity index (χ3n) is 1.41. The van der Waals surface area contributed by atoms with Gasteiger partial charge in [-0.25, -0.2) is 0 Å². The first-order valence-electron chi connectivity index (χ1n) is 3.46. The Morgan fingerprint density at radius 2 is 2.08 bits per heavy atom. The molecule has 1 aromatic rings. The van der Waals surface area contributed by atoms with Crippen molar-refractivity contribution in [1.29, 1.82) is 0 Å². The zero-order chi connectivity index (χ0) is 10.1. The Labute approximate surface area is 81.0 Å². The number of furan rings is 1. The molecule has 74 valence electrons.